The van der Waals surface area contributed by atoms with Crippen LogP contribution < -0.4 is 0 Å². The fourth-order valence-electron chi connectivity index (χ4n) is 2.00. The van der Waals surface area contributed by atoms with Gasteiger partial charge in [-0.05, 0) is 18.1 Å². The predicted octanol–water partition coefficient (Wildman–Crippen LogP) is 3.15. The highest BCUT2D eigenvalue weighted by atomic mass is 79.9. The number of nitrogens with zero attached hydrogens (tertiary/aromatic N) is 1. The summed E-state index contributed by atoms with van der Waals surface area (Å²) in [6, 6.07) is 2.96. The second-order valence-electron chi connectivity index (χ2n) is 5.23. The predicted molar refractivity (Wildman–Crippen MR) is 82.7 cm³/mol. The maximum atomic E-state index is 12.5. The van der Waals surface area contributed by atoms with E-state index in [1.807, 2.05) is 13.8 Å². The van der Waals surface area contributed by atoms with Crippen LogP contribution in [-0.4, -0.2) is 36.5 Å². The molecule has 0 aliphatic carbocycles. The van der Waals surface area contributed by atoms with Gasteiger partial charge in [-0.1, -0.05) is 53.0 Å². The molecule has 0 aromatic heterocycles. The lowest BCUT2D eigenvalue weighted by molar-refractivity contribution is -0.0932. The normalized spacial score (nSPS) is 19.1. The number of hydrogen-bond donors (Lipinski definition) is 1. The van der Waals surface area contributed by atoms with Crippen LogP contribution in [0.3, 0.4) is 0 Å². The first-order valence-electron chi connectivity index (χ1n) is 5.95. The maximum Gasteiger partial charge on any atom is 0.246 e. The summed E-state index contributed by atoms with van der Waals surface area (Å²) in [6.45, 7) is 3.80. The van der Waals surface area contributed by atoms with E-state index in [0.29, 0.717) is 4.47 Å². The van der Waals surface area contributed by atoms with Crippen LogP contribution in [0.2, 0.25) is 10.0 Å². The Kier molecular flexibility index (Phi) is 4.47. The molecule has 0 amide bonds. The molecule has 1 N–H and O–H groups in total. The quantitative estimate of drug-likeness (QED) is 0.844. The van der Waals surface area contributed by atoms with Crippen molar-refractivity contribution in [2.75, 3.05) is 13.1 Å². The van der Waals surface area contributed by atoms with Gasteiger partial charge in [0, 0.05) is 17.6 Å². The average molecular weight is 403 g/mol. The zero-order valence-electron chi connectivity index (χ0n) is 10.9. The van der Waals surface area contributed by atoms with Crippen LogP contribution in [0.4, 0.5) is 0 Å². The van der Waals surface area contributed by atoms with E-state index in [9.17, 15) is 13.5 Å². The summed E-state index contributed by atoms with van der Waals surface area (Å²) in [5.41, 5.74) is -0.985. The first-order valence-corrected chi connectivity index (χ1v) is 8.94. The summed E-state index contributed by atoms with van der Waals surface area (Å²) in [5, 5.41) is 10.3. The second kappa shape index (κ2) is 5.41. The van der Waals surface area contributed by atoms with E-state index in [1.165, 1.54) is 16.4 Å². The molecule has 2 rings (SSSR count). The third kappa shape index (κ3) is 2.74. The monoisotopic (exact) mass is 401 g/mol. The van der Waals surface area contributed by atoms with Crippen LogP contribution in [0, 0.1) is 5.92 Å². The summed E-state index contributed by atoms with van der Waals surface area (Å²) in [5.74, 6) is -0.0233. The van der Waals surface area contributed by atoms with Gasteiger partial charge in [0.1, 0.15) is 4.90 Å². The number of benzene rings is 1. The highest BCUT2D eigenvalue weighted by Gasteiger charge is 2.49. The molecule has 0 radical (unpaired) electrons. The number of rotatable bonds is 3. The van der Waals surface area contributed by atoms with Gasteiger partial charge >= 0.3 is 0 Å². The minimum Gasteiger partial charge on any atom is -0.387 e. The SMILES string of the molecule is CC(C)C1(O)CN(S(=O)(=O)c2c(Cl)cc(Br)cc2Cl)C1. The Labute approximate surface area is 136 Å². The van der Waals surface area contributed by atoms with Crippen LogP contribution in [-0.2, 0) is 10.0 Å². The molecule has 1 aromatic carbocycles. The fraction of sp³-hybridized carbons (Fsp3) is 0.500. The van der Waals surface area contributed by atoms with E-state index in [4.69, 9.17) is 23.2 Å². The fourth-order valence-corrected chi connectivity index (χ4v) is 5.45. The van der Waals surface area contributed by atoms with Crippen molar-refractivity contribution in [3.8, 4) is 0 Å². The van der Waals surface area contributed by atoms with Gasteiger partial charge in [-0.2, -0.15) is 4.31 Å². The van der Waals surface area contributed by atoms with Crippen LogP contribution >= 0.6 is 39.1 Å². The van der Waals surface area contributed by atoms with Gasteiger partial charge in [0.05, 0.1) is 15.6 Å². The van der Waals surface area contributed by atoms with Gasteiger partial charge in [0.15, 0.2) is 0 Å². The molecule has 0 unspecified atom stereocenters. The van der Waals surface area contributed by atoms with Gasteiger partial charge in [0.25, 0.3) is 0 Å². The van der Waals surface area contributed by atoms with E-state index in [1.54, 1.807) is 0 Å². The molecule has 1 aliphatic heterocycles. The molecule has 4 nitrogen and oxygen atoms in total. The van der Waals surface area contributed by atoms with Crippen molar-refractivity contribution in [2.24, 2.45) is 5.92 Å². The van der Waals surface area contributed by atoms with E-state index in [0.717, 1.165) is 0 Å². The highest BCUT2D eigenvalue weighted by molar-refractivity contribution is 9.10. The molecule has 112 valence electrons. The van der Waals surface area contributed by atoms with Crippen molar-refractivity contribution >= 4 is 49.2 Å². The molecule has 8 heteroatoms. The van der Waals surface area contributed by atoms with Gasteiger partial charge in [-0.3, -0.25) is 0 Å². The van der Waals surface area contributed by atoms with Crippen LogP contribution in [0.1, 0.15) is 13.8 Å². The van der Waals surface area contributed by atoms with Crippen LogP contribution in [0.15, 0.2) is 21.5 Å². The number of sulfonamides is 1. The standard InChI is InChI=1S/C12H14BrCl2NO3S/c1-7(2)12(17)5-16(6-12)20(18,19)11-9(14)3-8(13)4-10(11)15/h3-4,7,17H,5-6H2,1-2H3. The van der Waals surface area contributed by atoms with Crippen molar-refractivity contribution in [1.29, 1.82) is 0 Å². The topological polar surface area (TPSA) is 57.6 Å². The first kappa shape index (κ1) is 16.5. The molecule has 1 aliphatic rings. The minimum atomic E-state index is -3.80. The Morgan fingerprint density at radius 3 is 2.15 bits per heavy atom. The Morgan fingerprint density at radius 2 is 1.75 bits per heavy atom. The summed E-state index contributed by atoms with van der Waals surface area (Å²) in [4.78, 5) is -0.116. The van der Waals surface area contributed by atoms with Gasteiger partial charge < -0.3 is 5.11 Å². The lowest BCUT2D eigenvalue weighted by atomic mass is 9.85. The average Bonchev–Trinajstić information content (AvgIpc) is 2.22. The smallest absolute Gasteiger partial charge is 0.246 e. The van der Waals surface area contributed by atoms with E-state index < -0.39 is 15.6 Å². The number of aliphatic hydroxyl groups is 1. The largest absolute Gasteiger partial charge is 0.387 e. The molecule has 0 atom stereocenters. The van der Waals surface area contributed by atoms with Crippen LogP contribution in [0.25, 0.3) is 0 Å². The molecule has 1 heterocycles. The van der Waals surface area contributed by atoms with Crippen molar-refractivity contribution in [1.82, 2.24) is 4.31 Å². The van der Waals surface area contributed by atoms with Crippen molar-refractivity contribution < 1.29 is 13.5 Å². The lowest BCUT2D eigenvalue weighted by Crippen LogP contribution is -2.65. The van der Waals surface area contributed by atoms with Gasteiger partial charge in [0.2, 0.25) is 10.0 Å². The second-order valence-corrected chi connectivity index (χ2v) is 8.83. The van der Waals surface area contributed by atoms with Crippen molar-refractivity contribution in [3.05, 3.63) is 26.7 Å². The first-order chi connectivity index (χ1) is 9.08. The molecule has 1 saturated heterocycles. The van der Waals surface area contributed by atoms with Crippen molar-refractivity contribution in [2.45, 2.75) is 24.3 Å². The number of hydrogen-bond acceptors (Lipinski definition) is 3. The van der Waals surface area contributed by atoms with E-state index in [-0.39, 0.29) is 33.9 Å². The van der Waals surface area contributed by atoms with E-state index in [2.05, 4.69) is 15.9 Å². The summed E-state index contributed by atoms with van der Waals surface area (Å²) >= 11 is 15.2. The molecule has 20 heavy (non-hydrogen) atoms. The van der Waals surface area contributed by atoms with Gasteiger partial charge in [-0.15, -0.1) is 0 Å². The molecule has 0 spiro atoms. The lowest BCUT2D eigenvalue weighted by Gasteiger charge is -2.48. The molecule has 1 fully saturated rings. The Hall–Kier alpha value is 0.150. The Morgan fingerprint density at radius 1 is 1.30 bits per heavy atom. The van der Waals surface area contributed by atoms with Crippen molar-refractivity contribution in [3.63, 3.8) is 0 Å². The highest BCUT2D eigenvalue weighted by Crippen LogP contribution is 2.39. The Bertz CT molecular complexity index is 619. The molecular formula is C12H14BrCl2NO3S. The number of halogens is 3. The molecule has 1 aromatic rings. The minimum absolute atomic E-state index is 0.0233. The molecule has 0 saturated carbocycles. The maximum absolute atomic E-state index is 12.5. The zero-order valence-corrected chi connectivity index (χ0v) is 14.8. The summed E-state index contributed by atoms with van der Waals surface area (Å²) in [6.07, 6.45) is 0. The number of β-amino-alcohol motifs (C(OH)–C–C–N with tert-alkyl or cyclic N) is 1. The van der Waals surface area contributed by atoms with Gasteiger partial charge in [-0.25, -0.2) is 8.42 Å². The van der Waals surface area contributed by atoms with E-state index >= 15 is 0 Å². The molecule has 0 bridgehead atoms. The third-order valence-electron chi connectivity index (χ3n) is 3.54. The molecular weight excluding hydrogens is 389 g/mol. The summed E-state index contributed by atoms with van der Waals surface area (Å²) < 4.78 is 26.8. The third-order valence-corrected chi connectivity index (χ3v) is 6.71. The van der Waals surface area contributed by atoms with Crippen LogP contribution in [0.5, 0.6) is 0 Å². The zero-order chi connectivity index (χ0) is 15.3. The summed E-state index contributed by atoms with van der Waals surface area (Å²) in [7, 11) is -3.80. The Balaban J connectivity index is 2.35.